The normalized spacial score (nSPS) is 21.0. The number of carbonyl (C=O) groups is 2. The standard InChI is InChI=1S/C17H21BrN2O4/c1-23-12-4-5-14(18)13(11-12)16(21)19-6-8-20(9-7-19)17(22)15-3-2-10-24-15/h4-5,11,15H,2-3,6-10H2,1H3. The zero-order valence-corrected chi connectivity index (χ0v) is 15.3. The lowest BCUT2D eigenvalue weighted by Gasteiger charge is -2.36. The van der Waals surface area contributed by atoms with Crippen molar-refractivity contribution < 1.29 is 19.1 Å². The molecule has 3 rings (SSSR count). The van der Waals surface area contributed by atoms with Gasteiger partial charge in [0, 0.05) is 37.3 Å². The van der Waals surface area contributed by atoms with Gasteiger partial charge in [0.05, 0.1) is 12.7 Å². The number of carbonyl (C=O) groups excluding carboxylic acids is 2. The molecule has 1 aromatic carbocycles. The average Bonchev–Trinajstić information content (AvgIpc) is 3.16. The van der Waals surface area contributed by atoms with Gasteiger partial charge in [0.2, 0.25) is 0 Å². The molecule has 2 aliphatic rings. The molecule has 6 nitrogen and oxygen atoms in total. The van der Waals surface area contributed by atoms with E-state index in [-0.39, 0.29) is 17.9 Å². The Morgan fingerprint density at radius 3 is 2.54 bits per heavy atom. The summed E-state index contributed by atoms with van der Waals surface area (Å²) in [4.78, 5) is 28.7. The summed E-state index contributed by atoms with van der Waals surface area (Å²) in [6.07, 6.45) is 1.45. The topological polar surface area (TPSA) is 59.1 Å². The van der Waals surface area contributed by atoms with Gasteiger partial charge >= 0.3 is 0 Å². The number of nitrogens with zero attached hydrogens (tertiary/aromatic N) is 2. The van der Waals surface area contributed by atoms with Crippen molar-refractivity contribution in [1.29, 1.82) is 0 Å². The molecular formula is C17H21BrN2O4. The first-order valence-electron chi connectivity index (χ1n) is 8.13. The Hall–Kier alpha value is -1.60. The zero-order valence-electron chi connectivity index (χ0n) is 13.7. The second-order valence-corrected chi connectivity index (χ2v) is 6.82. The van der Waals surface area contributed by atoms with Gasteiger partial charge < -0.3 is 19.3 Å². The highest BCUT2D eigenvalue weighted by Gasteiger charge is 2.31. The average molecular weight is 397 g/mol. The van der Waals surface area contributed by atoms with Gasteiger partial charge in [-0.1, -0.05) is 0 Å². The predicted molar refractivity (Wildman–Crippen MR) is 92.2 cm³/mol. The van der Waals surface area contributed by atoms with E-state index in [9.17, 15) is 9.59 Å². The van der Waals surface area contributed by atoms with Gasteiger partial charge in [-0.2, -0.15) is 0 Å². The summed E-state index contributed by atoms with van der Waals surface area (Å²) in [5, 5.41) is 0. The molecule has 2 aliphatic heterocycles. The van der Waals surface area contributed by atoms with Gasteiger partial charge in [-0.15, -0.1) is 0 Å². The molecule has 130 valence electrons. The number of benzene rings is 1. The van der Waals surface area contributed by atoms with Crippen LogP contribution in [0.3, 0.4) is 0 Å². The number of halogens is 1. The maximum atomic E-state index is 12.7. The minimum absolute atomic E-state index is 0.0509. The summed E-state index contributed by atoms with van der Waals surface area (Å²) < 4.78 is 11.4. The summed E-state index contributed by atoms with van der Waals surface area (Å²) in [6, 6.07) is 5.35. The highest BCUT2D eigenvalue weighted by Crippen LogP contribution is 2.24. The largest absolute Gasteiger partial charge is 0.497 e. The third-order valence-corrected chi connectivity index (χ3v) is 5.18. The van der Waals surface area contributed by atoms with Crippen molar-refractivity contribution in [3.8, 4) is 5.75 Å². The zero-order chi connectivity index (χ0) is 17.1. The smallest absolute Gasteiger partial charge is 0.255 e. The minimum atomic E-state index is -0.292. The van der Waals surface area contributed by atoms with Crippen LogP contribution in [0.5, 0.6) is 5.75 Å². The molecule has 2 saturated heterocycles. The van der Waals surface area contributed by atoms with Crippen LogP contribution in [0.15, 0.2) is 22.7 Å². The molecule has 1 atom stereocenters. The first kappa shape index (κ1) is 17.2. The Labute approximate surface area is 149 Å². The molecule has 2 amide bonds. The first-order chi connectivity index (χ1) is 11.6. The van der Waals surface area contributed by atoms with E-state index in [0.29, 0.717) is 44.1 Å². The van der Waals surface area contributed by atoms with Crippen molar-refractivity contribution in [2.24, 2.45) is 0 Å². The van der Waals surface area contributed by atoms with E-state index in [2.05, 4.69) is 15.9 Å². The lowest BCUT2D eigenvalue weighted by Crippen LogP contribution is -2.52. The van der Waals surface area contributed by atoms with Crippen LogP contribution in [0.2, 0.25) is 0 Å². The lowest BCUT2D eigenvalue weighted by molar-refractivity contribution is -0.142. The summed E-state index contributed by atoms with van der Waals surface area (Å²) in [5.74, 6) is 0.654. The molecule has 2 fully saturated rings. The van der Waals surface area contributed by atoms with E-state index in [1.807, 2.05) is 6.07 Å². The molecule has 0 aliphatic carbocycles. The van der Waals surface area contributed by atoms with Gasteiger partial charge in [-0.05, 0) is 47.0 Å². The predicted octanol–water partition coefficient (Wildman–Crippen LogP) is 1.92. The number of amides is 2. The Kier molecular flexibility index (Phi) is 5.40. The van der Waals surface area contributed by atoms with Crippen molar-refractivity contribution in [1.82, 2.24) is 9.80 Å². The first-order valence-corrected chi connectivity index (χ1v) is 8.92. The Morgan fingerprint density at radius 2 is 1.92 bits per heavy atom. The van der Waals surface area contributed by atoms with Crippen molar-refractivity contribution in [2.45, 2.75) is 18.9 Å². The van der Waals surface area contributed by atoms with Gasteiger partial charge in [0.1, 0.15) is 11.9 Å². The van der Waals surface area contributed by atoms with Gasteiger partial charge in [-0.3, -0.25) is 9.59 Å². The third kappa shape index (κ3) is 3.57. The summed E-state index contributed by atoms with van der Waals surface area (Å²) >= 11 is 3.42. The van der Waals surface area contributed by atoms with Crippen LogP contribution in [-0.2, 0) is 9.53 Å². The minimum Gasteiger partial charge on any atom is -0.497 e. The number of hydrogen-bond donors (Lipinski definition) is 0. The molecule has 0 saturated carbocycles. The summed E-state index contributed by atoms with van der Waals surface area (Å²) in [6.45, 7) is 2.82. The lowest BCUT2D eigenvalue weighted by atomic mass is 10.1. The molecular weight excluding hydrogens is 376 g/mol. The van der Waals surface area contributed by atoms with Crippen LogP contribution in [0.25, 0.3) is 0 Å². The summed E-state index contributed by atoms with van der Waals surface area (Å²) in [5.41, 5.74) is 0.577. The van der Waals surface area contributed by atoms with E-state index in [1.165, 1.54) is 0 Å². The molecule has 0 N–H and O–H groups in total. The van der Waals surface area contributed by atoms with Crippen LogP contribution in [0.4, 0.5) is 0 Å². The Balaban J connectivity index is 1.62. The maximum Gasteiger partial charge on any atom is 0.255 e. The molecule has 0 aromatic heterocycles. The molecule has 1 aromatic rings. The molecule has 7 heteroatoms. The van der Waals surface area contributed by atoms with Crippen molar-refractivity contribution in [2.75, 3.05) is 39.9 Å². The van der Waals surface area contributed by atoms with E-state index in [0.717, 1.165) is 17.3 Å². The molecule has 24 heavy (non-hydrogen) atoms. The van der Waals surface area contributed by atoms with Crippen molar-refractivity contribution in [3.05, 3.63) is 28.2 Å². The fourth-order valence-electron chi connectivity index (χ4n) is 3.07. The second kappa shape index (κ2) is 7.53. The van der Waals surface area contributed by atoms with Crippen molar-refractivity contribution in [3.63, 3.8) is 0 Å². The molecule has 0 bridgehead atoms. The molecule has 1 unspecified atom stereocenters. The fraction of sp³-hybridized carbons (Fsp3) is 0.529. The quantitative estimate of drug-likeness (QED) is 0.782. The maximum absolute atomic E-state index is 12.7. The third-order valence-electron chi connectivity index (χ3n) is 4.49. The number of methoxy groups -OCH3 is 1. The van der Waals surface area contributed by atoms with E-state index < -0.39 is 0 Å². The number of rotatable bonds is 3. The Morgan fingerprint density at radius 1 is 1.21 bits per heavy atom. The van der Waals surface area contributed by atoms with Crippen LogP contribution in [0, 0.1) is 0 Å². The highest BCUT2D eigenvalue weighted by atomic mass is 79.9. The molecule has 2 heterocycles. The van der Waals surface area contributed by atoms with E-state index >= 15 is 0 Å². The molecule has 0 spiro atoms. The van der Waals surface area contributed by atoms with Crippen molar-refractivity contribution >= 4 is 27.7 Å². The van der Waals surface area contributed by atoms with Crippen LogP contribution in [0.1, 0.15) is 23.2 Å². The van der Waals surface area contributed by atoms with Gasteiger partial charge in [0.25, 0.3) is 11.8 Å². The number of hydrogen-bond acceptors (Lipinski definition) is 4. The van der Waals surface area contributed by atoms with Gasteiger partial charge in [0.15, 0.2) is 0 Å². The fourth-order valence-corrected chi connectivity index (χ4v) is 3.49. The van der Waals surface area contributed by atoms with Gasteiger partial charge in [-0.25, -0.2) is 0 Å². The van der Waals surface area contributed by atoms with Crippen LogP contribution >= 0.6 is 15.9 Å². The number of piperazine rings is 1. The molecule has 0 radical (unpaired) electrons. The summed E-state index contributed by atoms with van der Waals surface area (Å²) in [7, 11) is 1.58. The second-order valence-electron chi connectivity index (χ2n) is 5.96. The van der Waals surface area contributed by atoms with Crippen LogP contribution in [-0.4, -0.2) is 67.6 Å². The van der Waals surface area contributed by atoms with Crippen LogP contribution < -0.4 is 4.74 Å². The van der Waals surface area contributed by atoms with E-state index in [4.69, 9.17) is 9.47 Å². The number of ether oxygens (including phenoxy) is 2. The van der Waals surface area contributed by atoms with E-state index in [1.54, 1.807) is 29.0 Å². The monoisotopic (exact) mass is 396 g/mol. The SMILES string of the molecule is COc1ccc(Br)c(C(=O)N2CCN(C(=O)C3CCCO3)CC2)c1. The Bertz CT molecular complexity index is 623. The highest BCUT2D eigenvalue weighted by molar-refractivity contribution is 9.10.